The first-order valence-electron chi connectivity index (χ1n) is 10.2. The van der Waals surface area contributed by atoms with Crippen LogP contribution in [0.3, 0.4) is 0 Å². The maximum absolute atomic E-state index is 13.0. The smallest absolute Gasteiger partial charge is 0.344 e. The molecule has 2 N–H and O–H groups in total. The Kier molecular flexibility index (Phi) is 9.79. The molecular weight excluding hydrogens is 516 g/mol. The molecule has 0 aliphatic heterocycles. The molecule has 1 unspecified atom stereocenters. The fraction of sp³-hybridized carbons (Fsp3) is 0.348. The number of benzene rings is 2. The van der Waals surface area contributed by atoms with Crippen molar-refractivity contribution in [2.24, 2.45) is 5.92 Å². The average Bonchev–Trinajstić information content (AvgIpc) is 2.76. The van der Waals surface area contributed by atoms with Gasteiger partial charge in [-0.05, 0) is 47.7 Å². The van der Waals surface area contributed by atoms with Crippen LogP contribution in [0, 0.1) is 5.92 Å². The SMILES string of the molecule is CC(C)[C@H](NC(=O)C(NC(=O)CCc1ccc(Cl)c(Cl)c1)c1ccc(Cl)cc1)C(=O)C(F)(F)F. The van der Waals surface area contributed by atoms with Gasteiger partial charge in [0.25, 0.3) is 5.78 Å². The van der Waals surface area contributed by atoms with Crippen LogP contribution in [-0.4, -0.2) is 29.8 Å². The van der Waals surface area contributed by atoms with Crippen molar-refractivity contribution >= 4 is 52.4 Å². The quantitative estimate of drug-likeness (QED) is 0.430. The molecule has 2 rings (SSSR count). The second kappa shape index (κ2) is 11.9. The minimum Gasteiger partial charge on any atom is -0.344 e. The second-order valence-electron chi connectivity index (χ2n) is 7.89. The van der Waals surface area contributed by atoms with Crippen molar-refractivity contribution in [3.63, 3.8) is 0 Å². The Bertz CT molecular complexity index is 1040. The predicted molar refractivity (Wildman–Crippen MR) is 125 cm³/mol. The Balaban J connectivity index is 2.20. The summed E-state index contributed by atoms with van der Waals surface area (Å²) in [7, 11) is 0. The zero-order valence-electron chi connectivity index (χ0n) is 18.2. The lowest BCUT2D eigenvalue weighted by atomic mass is 9.97. The number of nitrogens with one attached hydrogen (secondary N) is 2. The molecule has 0 fully saturated rings. The summed E-state index contributed by atoms with van der Waals surface area (Å²) < 4.78 is 39.0. The van der Waals surface area contributed by atoms with E-state index in [0.717, 1.165) is 5.56 Å². The van der Waals surface area contributed by atoms with E-state index in [-0.39, 0.29) is 18.4 Å². The Hall–Kier alpha value is -2.29. The highest BCUT2D eigenvalue weighted by Gasteiger charge is 2.45. The van der Waals surface area contributed by atoms with Crippen LogP contribution in [0.15, 0.2) is 42.5 Å². The lowest BCUT2D eigenvalue weighted by Gasteiger charge is -2.26. The molecule has 34 heavy (non-hydrogen) atoms. The minimum absolute atomic E-state index is 0.0373. The molecule has 0 bridgehead atoms. The molecular formula is C23H22Cl3F3N2O3. The van der Waals surface area contributed by atoms with Crippen LogP contribution in [0.1, 0.15) is 37.4 Å². The van der Waals surface area contributed by atoms with Crippen molar-refractivity contribution in [2.45, 2.75) is 44.9 Å². The first-order chi connectivity index (χ1) is 15.8. The number of ketones is 1. The summed E-state index contributed by atoms with van der Waals surface area (Å²) in [6.45, 7) is 2.75. The van der Waals surface area contributed by atoms with E-state index in [4.69, 9.17) is 34.8 Å². The summed E-state index contributed by atoms with van der Waals surface area (Å²) in [4.78, 5) is 37.4. The van der Waals surface area contributed by atoms with Crippen LogP contribution in [0.5, 0.6) is 0 Å². The molecule has 11 heteroatoms. The number of aryl methyl sites for hydroxylation is 1. The highest BCUT2D eigenvalue weighted by molar-refractivity contribution is 6.42. The van der Waals surface area contributed by atoms with Crippen LogP contribution >= 0.6 is 34.8 Å². The summed E-state index contributed by atoms with van der Waals surface area (Å²) in [5, 5.41) is 5.72. The average molecular weight is 538 g/mol. The predicted octanol–water partition coefficient (Wildman–Crippen LogP) is 5.71. The standard InChI is InChI=1S/C23H22Cl3F3N2O3/c1-12(2)19(21(33)23(27,28)29)31-22(34)20(14-5-7-15(24)8-6-14)30-18(32)10-4-13-3-9-16(25)17(26)11-13/h3,5-9,11-12,19-20H,4,10H2,1-2H3,(H,30,32)(H,31,34)/t19-,20?/m0/s1. The topological polar surface area (TPSA) is 75.3 Å². The van der Waals surface area contributed by atoms with Crippen LogP contribution in [-0.2, 0) is 20.8 Å². The molecule has 0 aliphatic carbocycles. The highest BCUT2D eigenvalue weighted by Crippen LogP contribution is 2.24. The van der Waals surface area contributed by atoms with Gasteiger partial charge < -0.3 is 10.6 Å². The van der Waals surface area contributed by atoms with Crippen molar-refractivity contribution in [1.82, 2.24) is 10.6 Å². The van der Waals surface area contributed by atoms with E-state index in [9.17, 15) is 27.6 Å². The third-order valence-electron chi connectivity index (χ3n) is 4.92. The van der Waals surface area contributed by atoms with Crippen LogP contribution in [0.25, 0.3) is 0 Å². The molecule has 2 amide bonds. The van der Waals surface area contributed by atoms with Crippen molar-refractivity contribution < 1.29 is 27.6 Å². The van der Waals surface area contributed by atoms with Crippen molar-refractivity contribution in [1.29, 1.82) is 0 Å². The van der Waals surface area contributed by atoms with Crippen LogP contribution in [0.2, 0.25) is 15.1 Å². The molecule has 0 radical (unpaired) electrons. The van der Waals surface area contributed by atoms with Crippen molar-refractivity contribution in [3.05, 3.63) is 68.7 Å². The Morgan fingerprint density at radius 1 is 0.912 bits per heavy atom. The number of alkyl halides is 3. The van der Waals surface area contributed by atoms with Gasteiger partial charge in [-0.15, -0.1) is 0 Å². The van der Waals surface area contributed by atoms with Gasteiger partial charge in [-0.3, -0.25) is 14.4 Å². The molecule has 2 aromatic rings. The van der Waals surface area contributed by atoms with E-state index >= 15 is 0 Å². The zero-order valence-corrected chi connectivity index (χ0v) is 20.4. The molecule has 0 saturated carbocycles. The van der Waals surface area contributed by atoms with E-state index < -0.39 is 41.8 Å². The van der Waals surface area contributed by atoms with Gasteiger partial charge in [-0.25, -0.2) is 0 Å². The van der Waals surface area contributed by atoms with Gasteiger partial charge in [0, 0.05) is 11.4 Å². The monoisotopic (exact) mass is 536 g/mol. The van der Waals surface area contributed by atoms with Crippen molar-refractivity contribution in [3.8, 4) is 0 Å². The van der Waals surface area contributed by atoms with E-state index in [1.165, 1.54) is 38.1 Å². The molecule has 0 spiro atoms. The van der Waals surface area contributed by atoms with Crippen LogP contribution < -0.4 is 10.6 Å². The molecule has 0 saturated heterocycles. The number of carbonyl (C=O) groups is 3. The van der Waals surface area contributed by atoms with Gasteiger partial charge in [0.2, 0.25) is 11.8 Å². The summed E-state index contributed by atoms with van der Waals surface area (Å²) >= 11 is 17.7. The lowest BCUT2D eigenvalue weighted by Crippen LogP contribution is -2.52. The van der Waals surface area contributed by atoms with E-state index in [1.807, 2.05) is 0 Å². The van der Waals surface area contributed by atoms with Crippen molar-refractivity contribution in [2.75, 3.05) is 0 Å². The zero-order chi connectivity index (χ0) is 25.6. The number of halogens is 6. The second-order valence-corrected chi connectivity index (χ2v) is 9.14. The highest BCUT2D eigenvalue weighted by atomic mass is 35.5. The Morgan fingerprint density at radius 3 is 2.06 bits per heavy atom. The van der Waals surface area contributed by atoms with Gasteiger partial charge in [-0.2, -0.15) is 13.2 Å². The molecule has 2 atom stereocenters. The number of hydrogen-bond donors (Lipinski definition) is 2. The molecule has 2 aromatic carbocycles. The van der Waals surface area contributed by atoms with Gasteiger partial charge in [-0.1, -0.05) is 66.8 Å². The van der Waals surface area contributed by atoms with E-state index in [1.54, 1.807) is 18.2 Å². The Morgan fingerprint density at radius 2 is 1.53 bits per heavy atom. The first-order valence-corrected chi connectivity index (χ1v) is 11.3. The van der Waals surface area contributed by atoms with E-state index in [0.29, 0.717) is 15.1 Å². The number of Topliss-reactive ketones (excluding diaryl/α,β-unsaturated/α-hetero) is 1. The van der Waals surface area contributed by atoms with Crippen LogP contribution in [0.4, 0.5) is 13.2 Å². The summed E-state index contributed by atoms with van der Waals surface area (Å²) in [6.07, 6.45) is -4.88. The fourth-order valence-electron chi connectivity index (χ4n) is 3.09. The summed E-state index contributed by atoms with van der Waals surface area (Å²) in [5.74, 6) is -4.41. The molecule has 0 aliphatic rings. The first kappa shape index (κ1) is 28.0. The number of carbonyl (C=O) groups excluding carboxylic acids is 3. The molecule has 184 valence electrons. The summed E-state index contributed by atoms with van der Waals surface area (Å²) in [6, 6.07) is 7.60. The van der Waals surface area contributed by atoms with E-state index in [2.05, 4.69) is 10.6 Å². The molecule has 0 heterocycles. The maximum atomic E-state index is 13.0. The molecule has 0 aromatic heterocycles. The summed E-state index contributed by atoms with van der Waals surface area (Å²) in [5.41, 5.74) is 1.01. The van der Waals surface area contributed by atoms with Gasteiger partial charge in [0.1, 0.15) is 6.04 Å². The van der Waals surface area contributed by atoms with Gasteiger partial charge in [0.05, 0.1) is 16.1 Å². The number of rotatable bonds is 9. The maximum Gasteiger partial charge on any atom is 0.452 e. The lowest BCUT2D eigenvalue weighted by molar-refractivity contribution is -0.175. The third kappa shape index (κ3) is 7.89. The normalized spacial score (nSPS) is 13.3. The number of amides is 2. The molecule has 5 nitrogen and oxygen atoms in total. The number of hydrogen-bond acceptors (Lipinski definition) is 3. The largest absolute Gasteiger partial charge is 0.452 e. The third-order valence-corrected chi connectivity index (χ3v) is 5.91. The van der Waals surface area contributed by atoms with Gasteiger partial charge >= 0.3 is 6.18 Å². The Labute approximate surface area is 209 Å². The van der Waals surface area contributed by atoms with Gasteiger partial charge in [0.15, 0.2) is 0 Å². The fourth-order valence-corrected chi connectivity index (χ4v) is 3.54. The minimum atomic E-state index is -5.12.